The molecule has 8 nitrogen and oxygen atoms in total. The molecule has 32 heavy (non-hydrogen) atoms. The zero-order valence-electron chi connectivity index (χ0n) is 17.4. The third-order valence-electron chi connectivity index (χ3n) is 4.38. The van der Waals surface area contributed by atoms with Crippen molar-refractivity contribution in [2.45, 2.75) is 32.2 Å². The van der Waals surface area contributed by atoms with Gasteiger partial charge in [-0.25, -0.2) is 0 Å². The largest absolute Gasteiger partial charge is 0.454 e. The fraction of sp³-hybridized carbons (Fsp3) is 0.286. The second-order valence-corrected chi connectivity index (χ2v) is 7.08. The fourth-order valence-electron chi connectivity index (χ4n) is 2.68. The lowest BCUT2D eigenvalue weighted by molar-refractivity contribution is -0.154. The third kappa shape index (κ3) is 7.06. The Kier molecular flexibility index (Phi) is 7.44. The summed E-state index contributed by atoms with van der Waals surface area (Å²) in [4.78, 5) is 12.1. The van der Waals surface area contributed by atoms with E-state index >= 15 is 0 Å². The van der Waals surface area contributed by atoms with Gasteiger partial charge < -0.3 is 26.8 Å². The molecule has 0 fully saturated rings. The van der Waals surface area contributed by atoms with Crippen molar-refractivity contribution in [1.82, 2.24) is 15.0 Å². The molecule has 3 aromatic rings. The maximum absolute atomic E-state index is 12.6. The number of hydrogen-bond acceptors (Lipinski definition) is 8. The highest BCUT2D eigenvalue weighted by Gasteiger charge is 2.29. The molecule has 0 aliphatic heterocycles. The van der Waals surface area contributed by atoms with Crippen LogP contribution in [0.5, 0.6) is 6.01 Å². The summed E-state index contributed by atoms with van der Waals surface area (Å²) in [7, 11) is 0. The quantitative estimate of drug-likeness (QED) is 0.392. The molecule has 1 aromatic heterocycles. The molecule has 6 N–H and O–H groups in total. The summed E-state index contributed by atoms with van der Waals surface area (Å²) in [5.74, 6) is 0.0991. The van der Waals surface area contributed by atoms with Crippen LogP contribution in [-0.4, -0.2) is 27.7 Å². The minimum atomic E-state index is -4.52. The molecule has 11 heteroatoms. The van der Waals surface area contributed by atoms with E-state index in [2.05, 4.69) is 25.6 Å². The molecule has 1 atom stereocenters. The summed E-state index contributed by atoms with van der Waals surface area (Å²) in [5, 5.41) is 5.91. The molecule has 2 aromatic carbocycles. The van der Waals surface area contributed by atoms with Gasteiger partial charge in [-0.2, -0.15) is 28.1 Å². The number of alkyl halides is 3. The number of rotatable bonds is 9. The van der Waals surface area contributed by atoms with Gasteiger partial charge in [0.15, 0.2) is 6.61 Å². The van der Waals surface area contributed by atoms with Crippen molar-refractivity contribution < 1.29 is 17.9 Å². The normalized spacial score (nSPS) is 12.3. The van der Waals surface area contributed by atoms with Crippen molar-refractivity contribution in [3.8, 4) is 6.01 Å². The van der Waals surface area contributed by atoms with Crippen molar-refractivity contribution in [3.63, 3.8) is 0 Å². The Morgan fingerprint density at radius 3 is 2.16 bits per heavy atom. The van der Waals surface area contributed by atoms with Gasteiger partial charge in [0, 0.05) is 24.8 Å². The molecule has 170 valence electrons. The fourth-order valence-corrected chi connectivity index (χ4v) is 2.68. The van der Waals surface area contributed by atoms with E-state index in [4.69, 9.17) is 16.2 Å². The van der Waals surface area contributed by atoms with Crippen LogP contribution in [0.1, 0.15) is 29.7 Å². The highest BCUT2D eigenvalue weighted by molar-refractivity contribution is 5.55. The van der Waals surface area contributed by atoms with E-state index in [9.17, 15) is 13.2 Å². The molecule has 0 spiro atoms. The summed E-state index contributed by atoms with van der Waals surface area (Å²) >= 11 is 0. The monoisotopic (exact) mass is 447 g/mol. The SMILES string of the molecule is CC(N)c1ccc(CNc2nc(Nc3ccc(CN)cc3)nc(OCC(F)(F)F)n2)cc1. The Morgan fingerprint density at radius 2 is 1.56 bits per heavy atom. The molecule has 0 saturated carbocycles. The first kappa shape index (κ1) is 23.2. The number of halogens is 3. The number of nitrogens with one attached hydrogen (secondary N) is 2. The van der Waals surface area contributed by atoms with Crippen molar-refractivity contribution in [2.24, 2.45) is 11.5 Å². The van der Waals surface area contributed by atoms with Crippen molar-refractivity contribution in [2.75, 3.05) is 17.2 Å². The molecule has 1 heterocycles. The van der Waals surface area contributed by atoms with Crippen LogP contribution in [-0.2, 0) is 13.1 Å². The second kappa shape index (κ2) is 10.2. The van der Waals surface area contributed by atoms with Crippen LogP contribution in [0.3, 0.4) is 0 Å². The van der Waals surface area contributed by atoms with Crippen LogP contribution in [0.25, 0.3) is 0 Å². The van der Waals surface area contributed by atoms with Crippen LogP contribution in [0.2, 0.25) is 0 Å². The molecule has 0 amide bonds. The van der Waals surface area contributed by atoms with Gasteiger partial charge in [0.2, 0.25) is 11.9 Å². The standard InChI is InChI=1S/C21H24F3N7O/c1-13(26)16-6-2-15(3-7-16)11-27-18-29-19(28-17-8-4-14(10-25)5-9-17)31-20(30-18)32-12-21(22,23)24/h2-9,13H,10-12,25-26H2,1H3,(H2,27,28,29,30,31). The van der Waals surface area contributed by atoms with Gasteiger partial charge in [-0.1, -0.05) is 36.4 Å². The lowest BCUT2D eigenvalue weighted by Crippen LogP contribution is -2.21. The maximum atomic E-state index is 12.6. The number of anilines is 3. The minimum absolute atomic E-state index is 0.0347. The molecule has 1 unspecified atom stereocenters. The minimum Gasteiger partial charge on any atom is -0.454 e. The molecule has 3 rings (SSSR count). The van der Waals surface area contributed by atoms with Gasteiger partial charge in [-0.05, 0) is 35.7 Å². The van der Waals surface area contributed by atoms with E-state index in [1.165, 1.54) is 0 Å². The highest BCUT2D eigenvalue weighted by Crippen LogP contribution is 2.20. The Bertz CT molecular complexity index is 1010. The lowest BCUT2D eigenvalue weighted by atomic mass is 10.1. The van der Waals surface area contributed by atoms with Crippen molar-refractivity contribution in [3.05, 3.63) is 65.2 Å². The zero-order chi connectivity index (χ0) is 23.1. The molecular weight excluding hydrogens is 423 g/mol. The molecule has 0 radical (unpaired) electrons. The smallest absolute Gasteiger partial charge is 0.422 e. The summed E-state index contributed by atoms with van der Waals surface area (Å²) in [5.41, 5.74) is 14.9. The first-order chi connectivity index (χ1) is 15.2. The van der Waals surface area contributed by atoms with Gasteiger partial charge in [-0.3, -0.25) is 0 Å². The van der Waals surface area contributed by atoms with E-state index in [0.717, 1.165) is 16.7 Å². The average molecular weight is 447 g/mol. The highest BCUT2D eigenvalue weighted by atomic mass is 19.4. The van der Waals surface area contributed by atoms with E-state index in [1.807, 2.05) is 43.3 Å². The van der Waals surface area contributed by atoms with Crippen molar-refractivity contribution >= 4 is 17.6 Å². The predicted octanol–water partition coefficient (Wildman–Crippen LogP) is 3.65. The van der Waals surface area contributed by atoms with E-state index in [0.29, 0.717) is 18.8 Å². The van der Waals surface area contributed by atoms with Gasteiger partial charge in [0.1, 0.15) is 0 Å². The lowest BCUT2D eigenvalue weighted by Gasteiger charge is -2.12. The molecule has 0 bridgehead atoms. The average Bonchev–Trinajstić information content (AvgIpc) is 2.76. The molecule has 0 aliphatic rings. The predicted molar refractivity (Wildman–Crippen MR) is 115 cm³/mol. The van der Waals surface area contributed by atoms with Crippen LogP contribution in [0.15, 0.2) is 48.5 Å². The molecular formula is C21H24F3N7O. The number of hydrogen-bond donors (Lipinski definition) is 4. The Morgan fingerprint density at radius 1 is 0.938 bits per heavy atom. The van der Waals surface area contributed by atoms with Crippen LogP contribution in [0, 0.1) is 0 Å². The first-order valence-electron chi connectivity index (χ1n) is 9.82. The second-order valence-electron chi connectivity index (χ2n) is 7.08. The summed E-state index contributed by atoms with van der Waals surface area (Å²) in [6, 6.07) is 14.2. The van der Waals surface area contributed by atoms with Crippen LogP contribution < -0.4 is 26.8 Å². The number of aromatic nitrogens is 3. The maximum Gasteiger partial charge on any atom is 0.422 e. The zero-order valence-corrected chi connectivity index (χ0v) is 17.4. The summed E-state index contributed by atoms with van der Waals surface area (Å²) < 4.78 is 42.4. The van der Waals surface area contributed by atoms with Gasteiger partial charge in [-0.15, -0.1) is 0 Å². The van der Waals surface area contributed by atoms with Gasteiger partial charge >= 0.3 is 12.2 Å². The van der Waals surface area contributed by atoms with Crippen LogP contribution in [0.4, 0.5) is 30.8 Å². The Labute approximate surface area is 183 Å². The first-order valence-corrected chi connectivity index (χ1v) is 9.82. The van der Waals surface area contributed by atoms with E-state index in [1.54, 1.807) is 12.1 Å². The van der Waals surface area contributed by atoms with E-state index in [-0.39, 0.29) is 17.9 Å². The summed E-state index contributed by atoms with van der Waals surface area (Å²) in [6.07, 6.45) is -4.52. The van der Waals surface area contributed by atoms with Crippen molar-refractivity contribution in [1.29, 1.82) is 0 Å². The number of nitrogens with zero attached hydrogens (tertiary/aromatic N) is 3. The third-order valence-corrected chi connectivity index (χ3v) is 4.38. The number of ether oxygens (including phenoxy) is 1. The Hall–Kier alpha value is -3.44. The van der Waals surface area contributed by atoms with Crippen LogP contribution >= 0.6 is 0 Å². The Balaban J connectivity index is 1.77. The number of benzene rings is 2. The van der Waals surface area contributed by atoms with Gasteiger partial charge in [0.05, 0.1) is 0 Å². The van der Waals surface area contributed by atoms with Gasteiger partial charge in [0.25, 0.3) is 0 Å². The molecule has 0 aliphatic carbocycles. The topological polar surface area (TPSA) is 124 Å². The summed E-state index contributed by atoms with van der Waals surface area (Å²) in [6.45, 7) is 1.10. The molecule has 0 saturated heterocycles. The number of nitrogens with two attached hydrogens (primary N) is 2. The van der Waals surface area contributed by atoms with E-state index < -0.39 is 18.8 Å².